The number of rotatable bonds is 7. The van der Waals surface area contributed by atoms with Gasteiger partial charge < -0.3 is 14.7 Å². The van der Waals surface area contributed by atoms with E-state index in [1.165, 1.54) is 17.0 Å². The average Bonchev–Trinajstić information content (AvgIpc) is 3.25. The van der Waals surface area contributed by atoms with Crippen LogP contribution in [0.1, 0.15) is 22.3 Å². The Morgan fingerprint density at radius 1 is 0.944 bits per heavy atom. The monoisotopic (exact) mass is 518 g/mol. The minimum absolute atomic E-state index is 0.0876. The van der Waals surface area contributed by atoms with Crippen molar-refractivity contribution in [1.29, 1.82) is 0 Å². The summed E-state index contributed by atoms with van der Waals surface area (Å²) in [5.41, 5.74) is 1.58. The van der Waals surface area contributed by atoms with Crippen LogP contribution in [0.2, 0.25) is 5.02 Å². The molecule has 190 valence electrons. The van der Waals surface area contributed by atoms with Crippen LogP contribution in [-0.4, -0.2) is 46.2 Å². The summed E-state index contributed by atoms with van der Waals surface area (Å²) in [5, 5.41) is 11.4. The molecule has 3 aromatic rings. The van der Waals surface area contributed by atoms with E-state index in [0.29, 0.717) is 17.1 Å². The van der Waals surface area contributed by atoms with Crippen LogP contribution in [0.25, 0.3) is 0 Å². The zero-order chi connectivity index (χ0) is 25.7. The highest BCUT2D eigenvalue weighted by molar-refractivity contribution is 6.31. The number of benzene rings is 3. The molecule has 9 heteroatoms. The number of aliphatic hydroxyl groups excluding tert-OH is 1. The molecule has 0 saturated carbocycles. The van der Waals surface area contributed by atoms with Crippen molar-refractivity contribution >= 4 is 17.7 Å². The summed E-state index contributed by atoms with van der Waals surface area (Å²) in [6, 6.07) is 21.0. The third-order valence-electron chi connectivity index (χ3n) is 6.19. The third-order valence-corrected chi connectivity index (χ3v) is 6.56. The van der Waals surface area contributed by atoms with Gasteiger partial charge >= 0.3 is 12.3 Å². The fourth-order valence-corrected chi connectivity index (χ4v) is 4.45. The van der Waals surface area contributed by atoms with Crippen LogP contribution in [0, 0.1) is 0 Å². The lowest BCUT2D eigenvalue weighted by Gasteiger charge is -2.31. The number of amides is 1. The van der Waals surface area contributed by atoms with Gasteiger partial charge in [0.05, 0.1) is 24.3 Å². The van der Waals surface area contributed by atoms with Crippen molar-refractivity contribution in [2.45, 2.75) is 38.0 Å². The highest BCUT2D eigenvalue weighted by Gasteiger charge is 2.39. The number of carbonyl (C=O) groups excluding carboxylic acids is 1. The van der Waals surface area contributed by atoms with Gasteiger partial charge in [0.1, 0.15) is 6.61 Å². The van der Waals surface area contributed by atoms with E-state index in [-0.39, 0.29) is 26.2 Å². The van der Waals surface area contributed by atoms with Crippen LogP contribution in [0.3, 0.4) is 0 Å². The summed E-state index contributed by atoms with van der Waals surface area (Å²) in [4.78, 5) is 16.1. The number of alkyl halides is 3. The van der Waals surface area contributed by atoms with Gasteiger partial charge in [-0.25, -0.2) is 4.79 Å². The Kier molecular flexibility index (Phi) is 8.18. The first-order chi connectivity index (χ1) is 17.2. The van der Waals surface area contributed by atoms with Crippen LogP contribution < -0.4 is 0 Å². The van der Waals surface area contributed by atoms with Crippen LogP contribution in [-0.2, 0) is 30.6 Å². The maximum atomic E-state index is 13.0. The molecule has 36 heavy (non-hydrogen) atoms. The van der Waals surface area contributed by atoms with Gasteiger partial charge in [-0.15, -0.1) is 0 Å². The number of β-amino-alcohol motifs (C(OH)–C–C–N with tert-alkyl or cyclic N) is 1. The fraction of sp³-hybridized carbons (Fsp3) is 0.296. The summed E-state index contributed by atoms with van der Waals surface area (Å²) in [6.45, 7) is 1.02. The second-order valence-electron chi connectivity index (χ2n) is 8.77. The molecule has 0 spiro atoms. The van der Waals surface area contributed by atoms with Crippen LogP contribution in [0.15, 0.2) is 78.9 Å². The van der Waals surface area contributed by atoms with Crippen molar-refractivity contribution in [3.05, 3.63) is 106 Å². The van der Waals surface area contributed by atoms with Crippen molar-refractivity contribution < 1.29 is 27.8 Å². The molecule has 1 amide bonds. The first kappa shape index (κ1) is 26.0. The maximum Gasteiger partial charge on any atom is 0.416 e. The molecule has 0 aromatic heterocycles. The van der Waals surface area contributed by atoms with Crippen molar-refractivity contribution in [2.24, 2.45) is 0 Å². The Bertz CT molecular complexity index is 1160. The van der Waals surface area contributed by atoms with Crippen molar-refractivity contribution in [3.8, 4) is 0 Å². The van der Waals surface area contributed by atoms with Crippen molar-refractivity contribution in [1.82, 2.24) is 9.80 Å². The smallest absolute Gasteiger partial charge is 0.416 e. The zero-order valence-corrected chi connectivity index (χ0v) is 20.1. The van der Waals surface area contributed by atoms with E-state index in [4.69, 9.17) is 16.3 Å². The molecule has 1 N–H and O–H groups in total. The molecule has 5 nitrogen and oxygen atoms in total. The minimum Gasteiger partial charge on any atom is -0.445 e. The van der Waals surface area contributed by atoms with Crippen molar-refractivity contribution in [2.75, 3.05) is 13.1 Å². The zero-order valence-electron chi connectivity index (χ0n) is 19.4. The number of aliphatic hydroxyl groups is 1. The number of likely N-dealkylation sites (tertiary alicyclic amines) is 1. The average molecular weight is 519 g/mol. The molecule has 3 aromatic carbocycles. The van der Waals surface area contributed by atoms with Crippen LogP contribution in [0.5, 0.6) is 0 Å². The Hall–Kier alpha value is -3.07. The summed E-state index contributed by atoms with van der Waals surface area (Å²) < 4.78 is 44.4. The van der Waals surface area contributed by atoms with Gasteiger partial charge in [-0.05, 0) is 34.9 Å². The molecule has 0 radical (unpaired) electrons. The minimum atomic E-state index is -4.42. The summed E-state index contributed by atoms with van der Waals surface area (Å²) in [6.07, 6.45) is -5.82. The number of hydrogen-bond acceptors (Lipinski definition) is 4. The molecule has 1 fully saturated rings. The normalized spacial score (nSPS) is 18.0. The molecule has 2 atom stereocenters. The Morgan fingerprint density at radius 2 is 1.61 bits per heavy atom. The second kappa shape index (κ2) is 11.3. The van der Waals surface area contributed by atoms with E-state index < -0.39 is 30.0 Å². The lowest BCUT2D eigenvalue weighted by Crippen LogP contribution is -2.42. The first-order valence-electron chi connectivity index (χ1n) is 11.5. The van der Waals surface area contributed by atoms with Crippen LogP contribution >= 0.6 is 11.6 Å². The molecular formula is C27H26ClF3N2O3. The van der Waals surface area contributed by atoms with E-state index in [1.54, 1.807) is 12.1 Å². The molecule has 1 aliphatic rings. The molecule has 1 heterocycles. The van der Waals surface area contributed by atoms with Gasteiger partial charge in [0.25, 0.3) is 0 Å². The van der Waals surface area contributed by atoms with Gasteiger partial charge in [0, 0.05) is 24.7 Å². The van der Waals surface area contributed by atoms with Crippen molar-refractivity contribution in [3.63, 3.8) is 0 Å². The Balaban J connectivity index is 1.49. The predicted octanol–water partition coefficient (Wildman–Crippen LogP) is 5.74. The molecule has 0 unspecified atom stereocenters. The van der Waals surface area contributed by atoms with E-state index >= 15 is 0 Å². The van der Waals surface area contributed by atoms with E-state index in [0.717, 1.165) is 23.3 Å². The van der Waals surface area contributed by atoms with E-state index in [1.807, 2.05) is 47.4 Å². The number of hydrogen-bond donors (Lipinski definition) is 1. The Morgan fingerprint density at radius 3 is 2.28 bits per heavy atom. The Labute approximate surface area is 212 Å². The van der Waals surface area contributed by atoms with Crippen LogP contribution in [0.4, 0.5) is 18.0 Å². The topological polar surface area (TPSA) is 53.0 Å². The number of halogens is 4. The number of nitrogens with zero attached hydrogens (tertiary/aromatic N) is 2. The number of carbonyl (C=O) groups is 1. The molecule has 1 saturated heterocycles. The van der Waals surface area contributed by atoms with Gasteiger partial charge in [0.15, 0.2) is 0 Å². The van der Waals surface area contributed by atoms with E-state index in [9.17, 15) is 23.1 Å². The van der Waals surface area contributed by atoms with E-state index in [2.05, 4.69) is 0 Å². The SMILES string of the molecule is O=C(OCc1ccccc1)N1C[C@@H](O)[C@H](N(Cc2ccc(C(F)(F)F)cc2)Cc2ccccc2Cl)C1. The lowest BCUT2D eigenvalue weighted by molar-refractivity contribution is -0.137. The van der Waals surface area contributed by atoms with Gasteiger partial charge in [-0.2, -0.15) is 13.2 Å². The van der Waals surface area contributed by atoms with Gasteiger partial charge in [-0.1, -0.05) is 72.3 Å². The third kappa shape index (κ3) is 6.57. The molecule has 1 aliphatic heterocycles. The second-order valence-corrected chi connectivity index (χ2v) is 9.18. The molecule has 0 bridgehead atoms. The molecule has 0 aliphatic carbocycles. The fourth-order valence-electron chi connectivity index (χ4n) is 4.26. The molecular weight excluding hydrogens is 493 g/mol. The first-order valence-corrected chi connectivity index (χ1v) is 11.9. The van der Waals surface area contributed by atoms with Gasteiger partial charge in [0.2, 0.25) is 0 Å². The molecule has 4 rings (SSSR count). The maximum absolute atomic E-state index is 13.0. The standard InChI is InChI=1S/C27H26ClF3N2O3/c28-23-9-5-4-8-21(23)15-32(14-19-10-12-22(13-11-19)27(29,30)31)24-16-33(17-25(24)34)26(35)36-18-20-6-2-1-3-7-20/h1-13,24-25,34H,14-18H2/t24-,25-/m1/s1. The predicted molar refractivity (Wildman–Crippen MR) is 130 cm³/mol. The summed E-state index contributed by atoms with van der Waals surface area (Å²) >= 11 is 6.37. The summed E-state index contributed by atoms with van der Waals surface area (Å²) in [7, 11) is 0. The summed E-state index contributed by atoms with van der Waals surface area (Å²) in [5.74, 6) is 0. The lowest BCUT2D eigenvalue weighted by atomic mass is 10.1. The highest BCUT2D eigenvalue weighted by Crippen LogP contribution is 2.30. The quantitative estimate of drug-likeness (QED) is 0.433. The number of ether oxygens (including phenoxy) is 1. The van der Waals surface area contributed by atoms with Gasteiger partial charge in [-0.3, -0.25) is 4.90 Å². The highest BCUT2D eigenvalue weighted by atomic mass is 35.5. The largest absolute Gasteiger partial charge is 0.445 e.